The van der Waals surface area contributed by atoms with Crippen molar-refractivity contribution < 1.29 is 4.74 Å². The summed E-state index contributed by atoms with van der Waals surface area (Å²) in [4.78, 5) is 0. The van der Waals surface area contributed by atoms with E-state index in [1.807, 2.05) is 0 Å². The van der Waals surface area contributed by atoms with Gasteiger partial charge in [-0.1, -0.05) is 15.9 Å². The number of rotatable bonds is 2. The number of methoxy groups -OCH3 is 1. The maximum atomic E-state index is 5.34. The van der Waals surface area contributed by atoms with Crippen LogP contribution in [0.4, 0.5) is 0 Å². The highest BCUT2D eigenvalue weighted by atomic mass is 127. The molecule has 14 heavy (non-hydrogen) atoms. The van der Waals surface area contributed by atoms with E-state index >= 15 is 0 Å². The van der Waals surface area contributed by atoms with Gasteiger partial charge >= 0.3 is 0 Å². The monoisotopic (exact) mass is 382 g/mol. The average molecular weight is 383 g/mol. The molecule has 0 N–H and O–H groups in total. The molecule has 0 saturated heterocycles. The second-order valence-electron chi connectivity index (χ2n) is 2.88. The van der Waals surface area contributed by atoms with Crippen LogP contribution < -0.4 is 4.74 Å². The zero-order valence-electron chi connectivity index (χ0n) is 7.51. The van der Waals surface area contributed by atoms with Crippen LogP contribution in [0.5, 0.6) is 5.75 Å². The lowest BCUT2D eigenvalue weighted by atomic mass is 10.1. The smallest absolute Gasteiger partial charge is 0.137 e. The van der Waals surface area contributed by atoms with Gasteiger partial charge in [-0.05, 0) is 40.3 Å². The second-order valence-corrected chi connectivity index (χ2v) is 5.59. The van der Waals surface area contributed by atoms with E-state index in [9.17, 15) is 0 Å². The summed E-state index contributed by atoms with van der Waals surface area (Å²) >= 11 is 7.58. The number of fused-ring (bicyclic) bond motifs is 1. The van der Waals surface area contributed by atoms with Crippen molar-refractivity contribution in [1.82, 2.24) is 0 Å². The maximum Gasteiger partial charge on any atom is 0.137 e. The molecule has 0 aliphatic heterocycles. The molecule has 0 unspecified atom stereocenters. The van der Waals surface area contributed by atoms with Crippen molar-refractivity contribution in [3.63, 3.8) is 0 Å². The first-order chi connectivity index (χ1) is 6.76. The van der Waals surface area contributed by atoms with Crippen molar-refractivity contribution >= 4 is 59.9 Å². The number of thiophene rings is 1. The lowest BCUT2D eigenvalue weighted by molar-refractivity contribution is 0.421. The summed E-state index contributed by atoms with van der Waals surface area (Å²) in [5.41, 5.74) is 1.30. The quantitative estimate of drug-likeness (QED) is 0.552. The summed E-state index contributed by atoms with van der Waals surface area (Å²) in [5.74, 6) is 0.982. The SMILES string of the molecule is COc1csc2cc(I)cc(CBr)c12. The minimum Gasteiger partial charge on any atom is -0.495 e. The summed E-state index contributed by atoms with van der Waals surface area (Å²) in [5, 5.41) is 4.18. The van der Waals surface area contributed by atoms with Crippen LogP contribution in [0.2, 0.25) is 0 Å². The number of ether oxygens (including phenoxy) is 1. The van der Waals surface area contributed by atoms with Gasteiger partial charge in [0.2, 0.25) is 0 Å². The van der Waals surface area contributed by atoms with Gasteiger partial charge in [-0.2, -0.15) is 0 Å². The molecule has 1 heterocycles. The van der Waals surface area contributed by atoms with Crippen LogP contribution in [-0.2, 0) is 5.33 Å². The molecule has 0 bridgehead atoms. The molecule has 2 rings (SSSR count). The highest BCUT2D eigenvalue weighted by molar-refractivity contribution is 14.1. The van der Waals surface area contributed by atoms with Crippen LogP contribution >= 0.6 is 49.9 Å². The molecule has 0 saturated carbocycles. The van der Waals surface area contributed by atoms with E-state index in [-0.39, 0.29) is 0 Å². The van der Waals surface area contributed by atoms with E-state index in [4.69, 9.17) is 4.74 Å². The minimum absolute atomic E-state index is 0.868. The molecule has 74 valence electrons. The minimum atomic E-state index is 0.868. The van der Waals surface area contributed by atoms with E-state index in [1.165, 1.54) is 19.2 Å². The molecule has 0 aliphatic rings. The third-order valence-electron chi connectivity index (χ3n) is 2.05. The number of hydrogen-bond donors (Lipinski definition) is 0. The predicted octanol–water partition coefficient (Wildman–Crippen LogP) is 4.41. The van der Waals surface area contributed by atoms with Crippen LogP contribution in [-0.4, -0.2) is 7.11 Å². The fraction of sp³-hybridized carbons (Fsp3) is 0.200. The normalized spacial score (nSPS) is 10.8. The Morgan fingerprint density at radius 2 is 2.29 bits per heavy atom. The summed E-state index contributed by atoms with van der Waals surface area (Å²) in [6.45, 7) is 0. The van der Waals surface area contributed by atoms with Crippen molar-refractivity contribution in [3.05, 3.63) is 26.6 Å². The Morgan fingerprint density at radius 3 is 2.93 bits per heavy atom. The molecule has 0 amide bonds. The third-order valence-corrected chi connectivity index (χ3v) is 4.19. The molecule has 0 aliphatic carbocycles. The molecule has 1 nitrogen and oxygen atoms in total. The first kappa shape index (κ1) is 10.7. The largest absolute Gasteiger partial charge is 0.495 e. The first-order valence-corrected chi connectivity index (χ1v) is 7.14. The Kier molecular flexibility index (Phi) is 3.34. The number of benzene rings is 1. The predicted molar refractivity (Wildman–Crippen MR) is 73.7 cm³/mol. The molecule has 1 aromatic heterocycles. The van der Waals surface area contributed by atoms with Crippen LogP contribution in [0.15, 0.2) is 17.5 Å². The molecule has 0 spiro atoms. The lowest BCUT2D eigenvalue weighted by Crippen LogP contribution is -1.85. The Labute approximate surface area is 109 Å². The van der Waals surface area contributed by atoms with Gasteiger partial charge in [0, 0.05) is 24.4 Å². The van der Waals surface area contributed by atoms with Gasteiger partial charge < -0.3 is 4.74 Å². The molecule has 0 radical (unpaired) electrons. The molecule has 0 fully saturated rings. The Balaban J connectivity index is 2.78. The molecular weight excluding hydrogens is 375 g/mol. The summed E-state index contributed by atoms with van der Waals surface area (Å²) < 4.78 is 7.90. The number of hydrogen-bond acceptors (Lipinski definition) is 2. The molecule has 1 aromatic carbocycles. The van der Waals surface area contributed by atoms with E-state index in [0.29, 0.717) is 0 Å². The maximum absolute atomic E-state index is 5.34. The third kappa shape index (κ3) is 1.79. The first-order valence-electron chi connectivity index (χ1n) is 4.06. The summed E-state index contributed by atoms with van der Waals surface area (Å²) in [6.07, 6.45) is 0. The van der Waals surface area contributed by atoms with Crippen LogP contribution in [0, 0.1) is 3.57 Å². The van der Waals surface area contributed by atoms with E-state index in [0.717, 1.165) is 11.1 Å². The average Bonchev–Trinajstić information content (AvgIpc) is 2.59. The van der Waals surface area contributed by atoms with E-state index in [2.05, 4.69) is 56.0 Å². The second kappa shape index (κ2) is 4.37. The summed E-state index contributed by atoms with van der Waals surface area (Å²) in [7, 11) is 1.72. The van der Waals surface area contributed by atoms with Crippen LogP contribution in [0.1, 0.15) is 5.56 Å². The molecule has 0 atom stereocenters. The summed E-state index contributed by atoms with van der Waals surface area (Å²) in [6, 6.07) is 4.38. The van der Waals surface area contributed by atoms with E-state index in [1.54, 1.807) is 18.4 Å². The van der Waals surface area contributed by atoms with Gasteiger partial charge in [-0.15, -0.1) is 11.3 Å². The van der Waals surface area contributed by atoms with Gasteiger partial charge in [0.1, 0.15) is 5.75 Å². The topological polar surface area (TPSA) is 9.23 Å². The highest BCUT2D eigenvalue weighted by Crippen LogP contribution is 2.36. The fourth-order valence-corrected chi connectivity index (χ4v) is 3.77. The van der Waals surface area contributed by atoms with Crippen LogP contribution in [0.25, 0.3) is 10.1 Å². The van der Waals surface area contributed by atoms with Gasteiger partial charge in [0.25, 0.3) is 0 Å². The van der Waals surface area contributed by atoms with Gasteiger partial charge in [-0.3, -0.25) is 0 Å². The molecular formula is C10H8BrIOS. The Morgan fingerprint density at radius 1 is 1.50 bits per heavy atom. The van der Waals surface area contributed by atoms with Crippen molar-refractivity contribution in [1.29, 1.82) is 0 Å². The Hall–Kier alpha value is 0.190. The van der Waals surface area contributed by atoms with Crippen molar-refractivity contribution in [3.8, 4) is 5.75 Å². The standard InChI is InChI=1S/C10H8BrIOS/c1-13-8-5-14-9-3-7(12)2-6(4-11)10(8)9/h2-3,5H,4H2,1H3. The van der Waals surface area contributed by atoms with Gasteiger partial charge in [-0.25, -0.2) is 0 Å². The zero-order chi connectivity index (χ0) is 10.1. The molecule has 4 heteroatoms. The van der Waals surface area contributed by atoms with Gasteiger partial charge in [0.05, 0.1) is 7.11 Å². The molecule has 2 aromatic rings. The van der Waals surface area contributed by atoms with Crippen LogP contribution in [0.3, 0.4) is 0 Å². The highest BCUT2D eigenvalue weighted by Gasteiger charge is 2.09. The van der Waals surface area contributed by atoms with E-state index < -0.39 is 0 Å². The van der Waals surface area contributed by atoms with Gasteiger partial charge in [0.15, 0.2) is 0 Å². The van der Waals surface area contributed by atoms with Crippen molar-refractivity contribution in [2.24, 2.45) is 0 Å². The lowest BCUT2D eigenvalue weighted by Gasteiger charge is -2.03. The number of alkyl halides is 1. The fourth-order valence-electron chi connectivity index (χ4n) is 1.44. The van der Waals surface area contributed by atoms with Crippen molar-refractivity contribution in [2.45, 2.75) is 5.33 Å². The number of halogens is 2. The Bertz CT molecular complexity index is 466. The van der Waals surface area contributed by atoms with Crippen molar-refractivity contribution in [2.75, 3.05) is 7.11 Å². The zero-order valence-corrected chi connectivity index (χ0v) is 12.1.